The fourth-order valence-electron chi connectivity index (χ4n) is 4.68. The maximum absolute atomic E-state index is 12.8. The van der Waals surface area contributed by atoms with Crippen LogP contribution in [0.5, 0.6) is 0 Å². The molecule has 0 aromatic heterocycles. The summed E-state index contributed by atoms with van der Waals surface area (Å²) >= 11 is 0. The molecule has 1 aromatic carbocycles. The predicted molar refractivity (Wildman–Crippen MR) is 101 cm³/mol. The second-order valence-electron chi connectivity index (χ2n) is 9.19. The van der Waals surface area contributed by atoms with Crippen LogP contribution < -0.4 is 0 Å². The Balaban J connectivity index is 1.82. The fourth-order valence-corrected chi connectivity index (χ4v) is 6.43. The SMILES string of the molecule is Cc1ccc(S(=O)(=O)CC2CC3(CC2C)C(=O)CC(C)(C)CC3=O)cc1. The monoisotopic (exact) mass is 376 g/mol. The van der Waals surface area contributed by atoms with Crippen LogP contribution >= 0.6 is 0 Å². The molecule has 142 valence electrons. The van der Waals surface area contributed by atoms with E-state index in [1.807, 2.05) is 27.7 Å². The molecule has 26 heavy (non-hydrogen) atoms. The van der Waals surface area contributed by atoms with E-state index in [0.717, 1.165) is 5.56 Å². The molecule has 0 N–H and O–H groups in total. The van der Waals surface area contributed by atoms with Crippen LogP contribution in [-0.4, -0.2) is 25.7 Å². The van der Waals surface area contributed by atoms with E-state index in [-0.39, 0.29) is 34.6 Å². The van der Waals surface area contributed by atoms with Gasteiger partial charge in [0.25, 0.3) is 0 Å². The highest BCUT2D eigenvalue weighted by Crippen LogP contribution is 2.53. The van der Waals surface area contributed by atoms with Gasteiger partial charge in [0.05, 0.1) is 16.1 Å². The largest absolute Gasteiger partial charge is 0.299 e. The van der Waals surface area contributed by atoms with Gasteiger partial charge in [-0.2, -0.15) is 0 Å². The summed E-state index contributed by atoms with van der Waals surface area (Å²) in [6, 6.07) is 6.87. The standard InChI is InChI=1S/C21H28O4S/c1-14-5-7-17(8-6-14)26(24,25)13-16-10-21(9-15(16)2)18(22)11-20(3,4)12-19(21)23/h5-8,15-16H,9-13H2,1-4H3. The average Bonchev–Trinajstić information content (AvgIpc) is 2.83. The molecule has 4 nitrogen and oxygen atoms in total. The molecule has 0 heterocycles. The number of carbonyl (C=O) groups is 2. The third kappa shape index (κ3) is 3.38. The Morgan fingerprint density at radius 2 is 1.54 bits per heavy atom. The first-order valence-corrected chi connectivity index (χ1v) is 11.0. The van der Waals surface area contributed by atoms with Crippen molar-refractivity contribution in [3.63, 3.8) is 0 Å². The highest BCUT2D eigenvalue weighted by molar-refractivity contribution is 7.91. The number of ketones is 2. The van der Waals surface area contributed by atoms with Crippen LogP contribution in [0.1, 0.15) is 52.0 Å². The highest BCUT2D eigenvalue weighted by atomic mass is 32.2. The van der Waals surface area contributed by atoms with E-state index in [4.69, 9.17) is 0 Å². The summed E-state index contributed by atoms with van der Waals surface area (Å²) in [6.45, 7) is 7.80. The van der Waals surface area contributed by atoms with Crippen LogP contribution in [-0.2, 0) is 19.4 Å². The molecule has 2 aliphatic carbocycles. The van der Waals surface area contributed by atoms with Crippen LogP contribution in [0.25, 0.3) is 0 Å². The van der Waals surface area contributed by atoms with Crippen molar-refractivity contribution in [3.05, 3.63) is 29.8 Å². The van der Waals surface area contributed by atoms with Gasteiger partial charge in [0, 0.05) is 12.8 Å². The summed E-state index contributed by atoms with van der Waals surface area (Å²) in [7, 11) is -3.43. The molecule has 0 radical (unpaired) electrons. The van der Waals surface area contributed by atoms with Crippen LogP contribution in [0.15, 0.2) is 29.2 Å². The lowest BCUT2D eigenvalue weighted by atomic mass is 9.62. The molecule has 2 saturated carbocycles. The molecule has 1 spiro atoms. The Morgan fingerprint density at radius 3 is 2.08 bits per heavy atom. The highest BCUT2D eigenvalue weighted by Gasteiger charge is 2.57. The quantitative estimate of drug-likeness (QED) is 0.753. The third-order valence-electron chi connectivity index (χ3n) is 6.25. The van der Waals surface area contributed by atoms with Crippen molar-refractivity contribution < 1.29 is 18.0 Å². The maximum atomic E-state index is 12.8. The smallest absolute Gasteiger partial charge is 0.178 e. The first kappa shape index (κ1) is 19.3. The normalized spacial score (nSPS) is 27.8. The summed E-state index contributed by atoms with van der Waals surface area (Å²) in [5, 5.41) is 0. The van der Waals surface area contributed by atoms with Crippen molar-refractivity contribution in [1.82, 2.24) is 0 Å². The summed E-state index contributed by atoms with van der Waals surface area (Å²) in [5.74, 6) is -0.0791. The van der Waals surface area contributed by atoms with E-state index < -0.39 is 15.3 Å². The van der Waals surface area contributed by atoms with E-state index in [2.05, 4.69) is 0 Å². The Kier molecular flexibility index (Phi) is 4.67. The topological polar surface area (TPSA) is 68.3 Å². The molecule has 2 fully saturated rings. The van der Waals surface area contributed by atoms with Crippen molar-refractivity contribution in [1.29, 1.82) is 0 Å². The molecular weight excluding hydrogens is 348 g/mol. The van der Waals surface area contributed by atoms with Crippen molar-refractivity contribution in [2.24, 2.45) is 22.7 Å². The van der Waals surface area contributed by atoms with Gasteiger partial charge in [-0.15, -0.1) is 0 Å². The number of carbonyl (C=O) groups excluding carboxylic acids is 2. The minimum absolute atomic E-state index is 0.00291. The molecule has 0 bridgehead atoms. The third-order valence-corrected chi connectivity index (χ3v) is 8.10. The Bertz CT molecular complexity index is 813. The number of hydrogen-bond donors (Lipinski definition) is 0. The van der Waals surface area contributed by atoms with Gasteiger partial charge in [-0.25, -0.2) is 8.42 Å². The first-order chi connectivity index (χ1) is 12.0. The molecule has 0 aliphatic heterocycles. The molecule has 3 rings (SSSR count). The molecular formula is C21H28O4S. The van der Waals surface area contributed by atoms with Crippen LogP contribution in [0, 0.1) is 29.6 Å². The van der Waals surface area contributed by atoms with Crippen LogP contribution in [0.2, 0.25) is 0 Å². The van der Waals surface area contributed by atoms with Gasteiger partial charge in [-0.1, -0.05) is 38.5 Å². The minimum atomic E-state index is -3.43. The fraction of sp³-hybridized carbons (Fsp3) is 0.619. The number of sulfone groups is 1. The van der Waals surface area contributed by atoms with Gasteiger partial charge in [0.1, 0.15) is 11.6 Å². The zero-order valence-electron chi connectivity index (χ0n) is 16.0. The van der Waals surface area contributed by atoms with Crippen molar-refractivity contribution in [2.45, 2.75) is 58.3 Å². The second-order valence-corrected chi connectivity index (χ2v) is 11.2. The summed E-state index contributed by atoms with van der Waals surface area (Å²) in [6.07, 6.45) is 1.69. The zero-order chi connectivity index (χ0) is 19.3. The molecule has 0 amide bonds. The zero-order valence-corrected chi connectivity index (χ0v) is 16.9. The average molecular weight is 377 g/mol. The number of Topliss-reactive ketones (excluding diaryl/α,β-unsaturated/α-hetero) is 2. The van der Waals surface area contributed by atoms with Gasteiger partial charge in [0.2, 0.25) is 0 Å². The molecule has 5 heteroatoms. The number of rotatable bonds is 3. The molecule has 0 saturated heterocycles. The summed E-state index contributed by atoms with van der Waals surface area (Å²) in [5.41, 5.74) is -0.213. The second kappa shape index (κ2) is 6.29. The van der Waals surface area contributed by atoms with Crippen LogP contribution in [0.3, 0.4) is 0 Å². The Hall–Kier alpha value is -1.49. The van der Waals surface area contributed by atoms with E-state index in [1.165, 1.54) is 0 Å². The van der Waals surface area contributed by atoms with Gasteiger partial charge in [0.15, 0.2) is 9.84 Å². The van der Waals surface area contributed by atoms with E-state index in [9.17, 15) is 18.0 Å². The maximum Gasteiger partial charge on any atom is 0.178 e. The Morgan fingerprint density at radius 1 is 1.00 bits per heavy atom. The van der Waals surface area contributed by atoms with Gasteiger partial charge < -0.3 is 0 Å². The lowest BCUT2D eigenvalue weighted by molar-refractivity contribution is -0.148. The van der Waals surface area contributed by atoms with E-state index in [1.54, 1.807) is 24.3 Å². The summed E-state index contributed by atoms with van der Waals surface area (Å²) in [4.78, 5) is 26.0. The van der Waals surface area contributed by atoms with Gasteiger partial charge in [-0.05, 0) is 49.1 Å². The number of aryl methyl sites for hydroxylation is 1. The van der Waals surface area contributed by atoms with Gasteiger partial charge in [-0.3, -0.25) is 9.59 Å². The predicted octanol–water partition coefficient (Wildman–Crippen LogP) is 3.76. The number of benzene rings is 1. The van der Waals surface area contributed by atoms with Gasteiger partial charge >= 0.3 is 0 Å². The minimum Gasteiger partial charge on any atom is -0.299 e. The summed E-state index contributed by atoms with van der Waals surface area (Å²) < 4.78 is 25.6. The molecule has 2 unspecified atom stereocenters. The lowest BCUT2D eigenvalue weighted by Gasteiger charge is -2.38. The van der Waals surface area contributed by atoms with Crippen molar-refractivity contribution >= 4 is 21.4 Å². The lowest BCUT2D eigenvalue weighted by Crippen LogP contribution is -2.46. The van der Waals surface area contributed by atoms with E-state index in [0.29, 0.717) is 30.6 Å². The van der Waals surface area contributed by atoms with Crippen molar-refractivity contribution in [3.8, 4) is 0 Å². The number of hydrogen-bond acceptors (Lipinski definition) is 4. The molecule has 2 aliphatic rings. The van der Waals surface area contributed by atoms with Crippen LogP contribution in [0.4, 0.5) is 0 Å². The molecule has 1 aromatic rings. The first-order valence-electron chi connectivity index (χ1n) is 9.31. The molecule has 2 atom stereocenters. The Labute approximate surface area is 156 Å². The van der Waals surface area contributed by atoms with Crippen molar-refractivity contribution in [2.75, 3.05) is 5.75 Å². The van der Waals surface area contributed by atoms with E-state index >= 15 is 0 Å².